The van der Waals surface area contributed by atoms with Crippen LogP contribution in [0.3, 0.4) is 0 Å². The molecule has 0 radical (unpaired) electrons. The molecular weight excluding hydrogens is 694 g/mol. The number of hydrogen-bond acceptors (Lipinski definition) is 9. The quantitative estimate of drug-likeness (QED) is 0.214. The van der Waals surface area contributed by atoms with Crippen molar-refractivity contribution in [3.63, 3.8) is 0 Å². The zero-order valence-electron chi connectivity index (χ0n) is 24.7. The van der Waals surface area contributed by atoms with Crippen molar-refractivity contribution in [2.75, 3.05) is 26.2 Å². The van der Waals surface area contributed by atoms with Gasteiger partial charge in [-0.1, -0.05) is 11.6 Å². The van der Waals surface area contributed by atoms with Crippen LogP contribution < -0.4 is 16.3 Å². The molecule has 0 aliphatic carbocycles. The molecule has 1 saturated heterocycles. The molecule has 0 bridgehead atoms. The molecule has 22 heteroatoms. The summed E-state index contributed by atoms with van der Waals surface area (Å²) in [5.41, 5.74) is -1.71. The maximum Gasteiger partial charge on any atom is 0.416 e. The van der Waals surface area contributed by atoms with Crippen molar-refractivity contribution in [3.05, 3.63) is 75.4 Å². The maximum atomic E-state index is 13.6. The second kappa shape index (κ2) is 13.7. The Morgan fingerprint density at radius 3 is 2.43 bits per heavy atom. The smallest absolute Gasteiger partial charge is 0.382 e. The number of piperazine rings is 1. The molecule has 4 aromatic rings. The van der Waals surface area contributed by atoms with Crippen LogP contribution in [0.1, 0.15) is 26.8 Å². The monoisotopic (exact) mass is 716 g/mol. The third-order valence-corrected chi connectivity index (χ3v) is 7.19. The van der Waals surface area contributed by atoms with Crippen molar-refractivity contribution in [1.29, 1.82) is 0 Å². The molecule has 3 amide bonds. The van der Waals surface area contributed by atoms with Crippen LogP contribution in [0.15, 0.2) is 47.5 Å². The van der Waals surface area contributed by atoms with Crippen molar-refractivity contribution in [2.45, 2.75) is 31.5 Å². The Morgan fingerprint density at radius 2 is 1.78 bits per heavy atom. The number of hydrogen-bond donors (Lipinski definition) is 3. The van der Waals surface area contributed by atoms with Gasteiger partial charge in [0.25, 0.3) is 11.8 Å². The van der Waals surface area contributed by atoms with Gasteiger partial charge < -0.3 is 20.6 Å². The number of nitrogens with one attached hydrogen (secondary N) is 2. The summed E-state index contributed by atoms with van der Waals surface area (Å²) in [5.74, 6) is -3.81. The molecule has 1 aliphatic heterocycles. The van der Waals surface area contributed by atoms with E-state index in [0.29, 0.717) is 9.25 Å². The lowest BCUT2D eigenvalue weighted by molar-refractivity contribution is -0.207. The van der Waals surface area contributed by atoms with Crippen LogP contribution in [0.2, 0.25) is 5.02 Å². The minimum absolute atomic E-state index is 0.0224. The van der Waals surface area contributed by atoms with Gasteiger partial charge >= 0.3 is 18.0 Å². The number of carbonyl (C=O) groups excluding carboxylic acids is 3. The van der Waals surface area contributed by atoms with E-state index in [1.165, 1.54) is 24.3 Å². The number of pyridine rings is 1. The fourth-order valence-corrected chi connectivity index (χ4v) is 4.76. The third-order valence-electron chi connectivity index (χ3n) is 6.94. The number of amides is 3. The first-order valence-corrected chi connectivity index (χ1v) is 14.4. The Morgan fingerprint density at radius 1 is 1.06 bits per heavy atom. The first-order valence-electron chi connectivity index (χ1n) is 14.0. The minimum atomic E-state index is -5.09. The topological polar surface area (TPSA) is 182 Å². The van der Waals surface area contributed by atoms with Crippen molar-refractivity contribution >= 4 is 29.3 Å². The molecule has 3 N–H and O–H groups in total. The van der Waals surface area contributed by atoms with E-state index in [0.717, 1.165) is 28.0 Å². The largest absolute Gasteiger partial charge is 0.416 e. The van der Waals surface area contributed by atoms with Gasteiger partial charge in [0.15, 0.2) is 17.8 Å². The minimum Gasteiger partial charge on any atom is -0.382 e. The van der Waals surface area contributed by atoms with E-state index in [4.69, 9.17) is 11.6 Å². The summed E-state index contributed by atoms with van der Waals surface area (Å²) in [7, 11) is 0. The standard InChI is InChI=1S/C27H23ClF6N10O5/c28-15-3-1-14(2-4-15)21-40-43(25(49)42(21)10-18(45)27(32,33)34)11-19-38-22(24(48)41-8-7-36-20(46)12-41)44(39-19)17-9-35-6-5-16(17)23(47)37-13-26(29,30)31/h1-6,9,18,45H,7-8,10-13H2,(H,36,46)(H,37,47)/t18-/m0/s1. The molecule has 49 heavy (non-hydrogen) atoms. The Hall–Kier alpha value is -5.31. The van der Waals surface area contributed by atoms with Gasteiger partial charge in [-0.25, -0.2) is 19.1 Å². The Bertz CT molecular complexity index is 1940. The fourth-order valence-electron chi connectivity index (χ4n) is 4.64. The normalized spacial score (nSPS) is 14.4. The van der Waals surface area contributed by atoms with E-state index in [2.05, 4.69) is 25.5 Å². The van der Waals surface area contributed by atoms with Crippen molar-refractivity contribution in [2.24, 2.45) is 0 Å². The Balaban J connectivity index is 1.59. The Kier molecular flexibility index (Phi) is 9.76. The van der Waals surface area contributed by atoms with Gasteiger partial charge in [0.05, 0.1) is 24.0 Å². The number of benzene rings is 1. The summed E-state index contributed by atoms with van der Waals surface area (Å²) in [6, 6.07) is 6.59. The van der Waals surface area contributed by atoms with Gasteiger partial charge in [-0.15, -0.1) is 10.2 Å². The van der Waals surface area contributed by atoms with Crippen LogP contribution in [0, 0.1) is 0 Å². The predicted octanol–water partition coefficient (Wildman–Crippen LogP) is 1.18. The molecule has 3 aromatic heterocycles. The molecule has 4 heterocycles. The van der Waals surface area contributed by atoms with Crippen LogP contribution in [-0.2, 0) is 17.9 Å². The number of alkyl halides is 6. The summed E-state index contributed by atoms with van der Waals surface area (Å²) < 4.78 is 80.4. The van der Waals surface area contributed by atoms with Crippen molar-refractivity contribution in [3.8, 4) is 17.1 Å². The van der Waals surface area contributed by atoms with Crippen molar-refractivity contribution < 1.29 is 45.8 Å². The second-order valence-electron chi connectivity index (χ2n) is 10.5. The number of aliphatic hydroxyl groups excluding tert-OH is 1. The molecule has 1 atom stereocenters. The number of carbonyl (C=O) groups is 3. The van der Waals surface area contributed by atoms with Gasteiger partial charge in [-0.3, -0.25) is 23.9 Å². The molecule has 260 valence electrons. The molecule has 0 saturated carbocycles. The lowest BCUT2D eigenvalue weighted by atomic mass is 10.2. The fraction of sp³-hybridized carbons (Fsp3) is 0.333. The summed E-state index contributed by atoms with van der Waals surface area (Å²) in [5, 5.41) is 22.6. The second-order valence-corrected chi connectivity index (χ2v) is 10.9. The highest BCUT2D eigenvalue weighted by atomic mass is 35.5. The number of aliphatic hydroxyl groups is 1. The molecule has 0 spiro atoms. The van der Waals surface area contributed by atoms with Crippen LogP contribution in [-0.4, -0.2) is 106 Å². The van der Waals surface area contributed by atoms with Crippen LogP contribution in [0.4, 0.5) is 26.3 Å². The van der Waals surface area contributed by atoms with Gasteiger partial charge in [0.2, 0.25) is 11.7 Å². The van der Waals surface area contributed by atoms with E-state index in [1.807, 2.05) is 0 Å². The number of halogens is 7. The van der Waals surface area contributed by atoms with Gasteiger partial charge in [0.1, 0.15) is 19.6 Å². The van der Waals surface area contributed by atoms with Crippen LogP contribution >= 0.6 is 11.6 Å². The van der Waals surface area contributed by atoms with Crippen LogP contribution in [0.5, 0.6) is 0 Å². The lowest BCUT2D eigenvalue weighted by Crippen LogP contribution is -2.50. The van der Waals surface area contributed by atoms with E-state index in [-0.39, 0.29) is 41.0 Å². The maximum absolute atomic E-state index is 13.6. The van der Waals surface area contributed by atoms with Gasteiger partial charge in [0, 0.05) is 29.9 Å². The summed E-state index contributed by atoms with van der Waals surface area (Å²) in [4.78, 5) is 60.9. The van der Waals surface area contributed by atoms with Gasteiger partial charge in [-0.2, -0.15) is 26.3 Å². The highest BCUT2D eigenvalue weighted by Crippen LogP contribution is 2.24. The average Bonchev–Trinajstić information content (AvgIpc) is 3.60. The molecule has 15 nitrogen and oxygen atoms in total. The highest BCUT2D eigenvalue weighted by molar-refractivity contribution is 6.30. The van der Waals surface area contributed by atoms with Crippen LogP contribution in [0.25, 0.3) is 17.1 Å². The molecule has 1 fully saturated rings. The zero-order chi connectivity index (χ0) is 35.7. The predicted molar refractivity (Wildman–Crippen MR) is 155 cm³/mol. The Labute approximate surface area is 275 Å². The molecule has 0 unspecified atom stereocenters. The SMILES string of the molecule is O=C1CN(C(=O)c2nc(Cn3nc(-c4ccc(Cl)cc4)n(C[C@H](O)C(F)(F)F)c3=O)nn2-c2cnccc2C(=O)NCC(F)(F)F)CCN1. The summed E-state index contributed by atoms with van der Waals surface area (Å²) >= 11 is 5.92. The molecule has 5 rings (SSSR count). The molecule has 1 aliphatic rings. The third kappa shape index (κ3) is 8.05. The van der Waals surface area contributed by atoms with E-state index in [1.54, 1.807) is 5.32 Å². The van der Waals surface area contributed by atoms with E-state index >= 15 is 0 Å². The van der Waals surface area contributed by atoms with E-state index < -0.39 is 79.4 Å². The highest BCUT2D eigenvalue weighted by Gasteiger charge is 2.39. The first-order chi connectivity index (χ1) is 23.0. The number of rotatable bonds is 9. The number of nitrogens with zero attached hydrogens (tertiary/aromatic N) is 8. The first kappa shape index (κ1) is 35.0. The molecule has 1 aromatic carbocycles. The molecular formula is C27H23ClF6N10O5. The summed E-state index contributed by atoms with van der Waals surface area (Å²) in [6.07, 6.45) is -10.7. The zero-order valence-corrected chi connectivity index (χ0v) is 25.4. The lowest BCUT2D eigenvalue weighted by Gasteiger charge is -2.26. The van der Waals surface area contributed by atoms with Crippen molar-refractivity contribution in [1.82, 2.24) is 49.6 Å². The van der Waals surface area contributed by atoms with E-state index in [9.17, 15) is 50.6 Å². The number of aromatic nitrogens is 7. The summed E-state index contributed by atoms with van der Waals surface area (Å²) in [6.45, 7) is -3.91. The van der Waals surface area contributed by atoms with Gasteiger partial charge in [-0.05, 0) is 30.3 Å². The average molecular weight is 717 g/mol.